The lowest BCUT2D eigenvalue weighted by Gasteiger charge is -2.32. The van der Waals surface area contributed by atoms with Gasteiger partial charge in [0.1, 0.15) is 0 Å². The third-order valence-corrected chi connectivity index (χ3v) is 5.85. The number of hydrogen-bond acceptors (Lipinski definition) is 3. The van der Waals surface area contributed by atoms with Crippen molar-refractivity contribution in [2.24, 2.45) is 5.92 Å². The Hall–Kier alpha value is -1.46. The molecule has 2 heterocycles. The van der Waals surface area contributed by atoms with Crippen molar-refractivity contribution >= 4 is 23.3 Å². The van der Waals surface area contributed by atoms with Gasteiger partial charge in [0.05, 0.1) is 0 Å². The lowest BCUT2D eigenvalue weighted by molar-refractivity contribution is 0.170. The number of halogens is 1. The lowest BCUT2D eigenvalue weighted by Crippen LogP contribution is -2.47. The summed E-state index contributed by atoms with van der Waals surface area (Å²) in [5.74, 6) is 0.496. The molecule has 3 rings (SSSR count). The van der Waals surface area contributed by atoms with Crippen molar-refractivity contribution in [1.82, 2.24) is 15.5 Å². The maximum atomic E-state index is 12.1. The number of hydrogen-bond donors (Lipinski definition) is 2. The second-order valence-corrected chi connectivity index (χ2v) is 8.05. The minimum atomic E-state index is -0.0428. The molecule has 2 unspecified atom stereocenters. The van der Waals surface area contributed by atoms with Crippen LogP contribution in [0, 0.1) is 5.92 Å². The second-order valence-electron chi connectivity index (χ2n) is 7.61. The van der Waals surface area contributed by atoms with Crippen LogP contribution in [0.25, 0.3) is 0 Å². The molecule has 2 saturated heterocycles. The molecular weight excluding hydrogens is 348 g/mol. The number of amides is 2. The van der Waals surface area contributed by atoms with Gasteiger partial charge in [-0.05, 0) is 69.5 Å². The lowest BCUT2D eigenvalue weighted by atomic mass is 10.1. The summed E-state index contributed by atoms with van der Waals surface area (Å²) in [5, 5.41) is 6.85. The minimum Gasteiger partial charge on any atom is -0.371 e. The fourth-order valence-electron chi connectivity index (χ4n) is 3.91. The Morgan fingerprint density at radius 2 is 1.88 bits per heavy atom. The van der Waals surface area contributed by atoms with Crippen molar-refractivity contribution < 1.29 is 4.79 Å². The van der Waals surface area contributed by atoms with Gasteiger partial charge in [0.2, 0.25) is 0 Å². The third-order valence-electron chi connectivity index (χ3n) is 5.60. The van der Waals surface area contributed by atoms with Crippen LogP contribution in [0.1, 0.15) is 32.6 Å². The van der Waals surface area contributed by atoms with Crippen LogP contribution in [0.4, 0.5) is 10.5 Å². The quantitative estimate of drug-likeness (QED) is 0.798. The van der Waals surface area contributed by atoms with E-state index in [0.717, 1.165) is 44.2 Å². The maximum Gasteiger partial charge on any atom is 0.314 e. The molecule has 2 aliphatic heterocycles. The van der Waals surface area contributed by atoms with E-state index in [-0.39, 0.29) is 6.03 Å². The first-order valence-electron chi connectivity index (χ1n) is 9.88. The topological polar surface area (TPSA) is 47.6 Å². The summed E-state index contributed by atoms with van der Waals surface area (Å²) in [6.07, 6.45) is 5.00. The zero-order valence-electron chi connectivity index (χ0n) is 15.7. The summed E-state index contributed by atoms with van der Waals surface area (Å²) in [4.78, 5) is 16.9. The number of nitrogens with zero attached hydrogens (tertiary/aromatic N) is 2. The summed E-state index contributed by atoms with van der Waals surface area (Å²) < 4.78 is 0. The second kappa shape index (κ2) is 9.47. The number of likely N-dealkylation sites (tertiary alicyclic amines) is 1. The van der Waals surface area contributed by atoms with Crippen molar-refractivity contribution in [3.63, 3.8) is 0 Å². The number of benzene rings is 1. The molecule has 1 aromatic rings. The van der Waals surface area contributed by atoms with Gasteiger partial charge in [-0.25, -0.2) is 4.79 Å². The number of nitrogens with one attached hydrogen (secondary N) is 2. The summed E-state index contributed by atoms with van der Waals surface area (Å²) in [6, 6.07) is 8.35. The highest BCUT2D eigenvalue weighted by atomic mass is 35.5. The molecule has 0 aliphatic carbocycles. The summed E-state index contributed by atoms with van der Waals surface area (Å²) in [6.45, 7) is 7.97. The average Bonchev–Trinajstić information content (AvgIpc) is 3.14. The number of carbonyl (C=O) groups is 1. The van der Waals surface area contributed by atoms with E-state index in [1.165, 1.54) is 24.9 Å². The molecule has 144 valence electrons. The fourth-order valence-corrected chi connectivity index (χ4v) is 4.04. The first kappa shape index (κ1) is 19.3. The van der Waals surface area contributed by atoms with Gasteiger partial charge in [-0.3, -0.25) is 4.90 Å². The highest BCUT2D eigenvalue weighted by Gasteiger charge is 2.23. The molecule has 26 heavy (non-hydrogen) atoms. The molecule has 0 radical (unpaired) electrons. The minimum absolute atomic E-state index is 0.0428. The van der Waals surface area contributed by atoms with E-state index in [2.05, 4.69) is 39.5 Å². The van der Waals surface area contributed by atoms with Crippen LogP contribution in [-0.2, 0) is 0 Å². The average molecular weight is 379 g/mol. The highest BCUT2D eigenvalue weighted by molar-refractivity contribution is 6.30. The molecule has 2 fully saturated rings. The smallest absolute Gasteiger partial charge is 0.314 e. The fraction of sp³-hybridized carbons (Fsp3) is 0.650. The monoisotopic (exact) mass is 378 g/mol. The van der Waals surface area contributed by atoms with E-state index < -0.39 is 0 Å². The number of rotatable bonds is 6. The molecule has 1 aromatic carbocycles. The normalized spacial score (nSPS) is 22.2. The molecule has 2 amide bonds. The van der Waals surface area contributed by atoms with Gasteiger partial charge >= 0.3 is 6.03 Å². The molecule has 2 aliphatic rings. The van der Waals surface area contributed by atoms with Crippen LogP contribution in [0.5, 0.6) is 0 Å². The van der Waals surface area contributed by atoms with E-state index in [1.807, 2.05) is 12.1 Å². The van der Waals surface area contributed by atoms with E-state index >= 15 is 0 Å². The molecule has 0 saturated carbocycles. The number of carbonyl (C=O) groups excluding carboxylic acids is 1. The van der Waals surface area contributed by atoms with Crippen molar-refractivity contribution in [3.05, 3.63) is 29.3 Å². The molecule has 0 bridgehead atoms. The molecule has 2 N–H and O–H groups in total. The van der Waals surface area contributed by atoms with Crippen LogP contribution in [0.2, 0.25) is 5.02 Å². The number of urea groups is 1. The number of piperidine rings is 1. The van der Waals surface area contributed by atoms with Gasteiger partial charge in [-0.15, -0.1) is 0 Å². The van der Waals surface area contributed by atoms with Gasteiger partial charge in [-0.2, -0.15) is 0 Å². The van der Waals surface area contributed by atoms with Gasteiger partial charge < -0.3 is 15.5 Å². The Balaban J connectivity index is 1.34. The molecule has 2 atom stereocenters. The zero-order chi connectivity index (χ0) is 18.4. The first-order chi connectivity index (χ1) is 12.6. The highest BCUT2D eigenvalue weighted by Crippen LogP contribution is 2.24. The molecular formula is C20H31ClN4O. The SMILES string of the molecule is CC(CNC(=O)NCC1CCN(c2ccc(Cl)cc2)C1)N1CCCCC1. The van der Waals surface area contributed by atoms with E-state index in [4.69, 9.17) is 11.6 Å². The van der Waals surface area contributed by atoms with Crippen LogP contribution in [0.15, 0.2) is 24.3 Å². The molecule has 0 aromatic heterocycles. The Labute approximate surface area is 162 Å². The largest absolute Gasteiger partial charge is 0.371 e. The van der Waals surface area contributed by atoms with Crippen LogP contribution in [-0.4, -0.2) is 56.2 Å². The molecule has 0 spiro atoms. The molecule has 6 heteroatoms. The van der Waals surface area contributed by atoms with Crippen molar-refractivity contribution in [3.8, 4) is 0 Å². The maximum absolute atomic E-state index is 12.1. The summed E-state index contributed by atoms with van der Waals surface area (Å²) >= 11 is 5.96. The van der Waals surface area contributed by atoms with E-state index in [9.17, 15) is 4.79 Å². The Kier molecular flexibility index (Phi) is 7.03. The van der Waals surface area contributed by atoms with E-state index in [1.54, 1.807) is 0 Å². The predicted molar refractivity (Wildman–Crippen MR) is 108 cm³/mol. The van der Waals surface area contributed by atoms with Gasteiger partial charge in [0.15, 0.2) is 0 Å². The van der Waals surface area contributed by atoms with Crippen molar-refractivity contribution in [2.45, 2.75) is 38.6 Å². The first-order valence-corrected chi connectivity index (χ1v) is 10.3. The van der Waals surface area contributed by atoms with Crippen LogP contribution < -0.4 is 15.5 Å². The Bertz CT molecular complexity index is 574. The summed E-state index contributed by atoms with van der Waals surface area (Å²) in [7, 11) is 0. The Morgan fingerprint density at radius 3 is 2.62 bits per heavy atom. The number of anilines is 1. The van der Waals surface area contributed by atoms with Gasteiger partial charge in [0.25, 0.3) is 0 Å². The van der Waals surface area contributed by atoms with Gasteiger partial charge in [0, 0.05) is 42.9 Å². The summed E-state index contributed by atoms with van der Waals surface area (Å²) in [5.41, 5.74) is 1.21. The zero-order valence-corrected chi connectivity index (χ0v) is 16.5. The standard InChI is InChI=1S/C20H31ClN4O/c1-16(24-10-3-2-4-11-24)13-22-20(26)23-14-17-9-12-25(15-17)19-7-5-18(21)6-8-19/h5-8,16-17H,2-4,9-15H2,1H3,(H2,22,23,26). The predicted octanol–water partition coefficient (Wildman–Crippen LogP) is 3.34. The van der Waals surface area contributed by atoms with E-state index in [0.29, 0.717) is 18.5 Å². The Morgan fingerprint density at radius 1 is 1.15 bits per heavy atom. The van der Waals surface area contributed by atoms with Gasteiger partial charge in [-0.1, -0.05) is 18.0 Å². The van der Waals surface area contributed by atoms with Crippen molar-refractivity contribution in [2.75, 3.05) is 44.2 Å². The van der Waals surface area contributed by atoms with Crippen molar-refractivity contribution in [1.29, 1.82) is 0 Å². The van der Waals surface area contributed by atoms with Crippen LogP contribution >= 0.6 is 11.6 Å². The molecule has 5 nitrogen and oxygen atoms in total. The third kappa shape index (κ3) is 5.52. The van der Waals surface area contributed by atoms with Crippen LogP contribution in [0.3, 0.4) is 0 Å².